The molecule has 0 bridgehead atoms. The summed E-state index contributed by atoms with van der Waals surface area (Å²) in [7, 11) is 0. The van der Waals surface area contributed by atoms with E-state index in [0.717, 1.165) is 24.6 Å². The van der Waals surface area contributed by atoms with Gasteiger partial charge in [-0.1, -0.05) is 0 Å². The summed E-state index contributed by atoms with van der Waals surface area (Å²) in [4.78, 5) is 12.3. The lowest BCUT2D eigenvalue weighted by atomic mass is 10.4. The Labute approximate surface area is 99.1 Å². The molecule has 0 saturated carbocycles. The van der Waals surface area contributed by atoms with Gasteiger partial charge in [0.1, 0.15) is 5.82 Å². The fraction of sp³-hybridized carbons (Fsp3) is 0.300. The Balaban J connectivity index is 1.92. The molecular weight excluding hydrogens is 218 g/mol. The van der Waals surface area contributed by atoms with Gasteiger partial charge in [0.15, 0.2) is 0 Å². The molecule has 0 fully saturated rings. The number of nitrogens with two attached hydrogens (primary N) is 1. The highest BCUT2D eigenvalue weighted by molar-refractivity contribution is 5.41. The molecule has 2 rings (SSSR count). The number of aromatic nitrogens is 4. The Hall–Kier alpha value is -2.15. The van der Waals surface area contributed by atoms with E-state index in [9.17, 15) is 0 Å². The van der Waals surface area contributed by atoms with Crippen LogP contribution in [0.25, 0.3) is 0 Å². The van der Waals surface area contributed by atoms with E-state index >= 15 is 0 Å². The average molecular weight is 233 g/mol. The number of imidazole rings is 1. The van der Waals surface area contributed by atoms with Crippen molar-refractivity contribution in [2.75, 3.05) is 17.3 Å². The van der Waals surface area contributed by atoms with E-state index in [1.54, 1.807) is 12.5 Å². The van der Waals surface area contributed by atoms with E-state index in [1.807, 2.05) is 23.8 Å². The fourth-order valence-electron chi connectivity index (χ4n) is 1.46. The first-order chi connectivity index (χ1) is 8.28. The largest absolute Gasteiger partial charge is 0.368 e. The SMILES string of the molecule is Cc1cc(NCCn2ccnc2)nc(NN)n1. The third kappa shape index (κ3) is 3.15. The third-order valence-electron chi connectivity index (χ3n) is 2.22. The number of rotatable bonds is 5. The van der Waals surface area contributed by atoms with Gasteiger partial charge >= 0.3 is 0 Å². The average Bonchev–Trinajstić information content (AvgIpc) is 2.81. The molecule has 0 spiro atoms. The molecule has 17 heavy (non-hydrogen) atoms. The lowest BCUT2D eigenvalue weighted by molar-refractivity contribution is 0.725. The zero-order valence-electron chi connectivity index (χ0n) is 9.59. The molecule has 7 heteroatoms. The number of nitrogens with one attached hydrogen (secondary N) is 2. The van der Waals surface area contributed by atoms with Crippen LogP contribution in [0.15, 0.2) is 24.8 Å². The zero-order valence-corrected chi connectivity index (χ0v) is 9.59. The Kier molecular flexibility index (Phi) is 3.51. The highest BCUT2D eigenvalue weighted by Crippen LogP contribution is 2.08. The molecule has 0 radical (unpaired) electrons. The molecule has 2 aromatic rings. The normalized spacial score (nSPS) is 10.2. The van der Waals surface area contributed by atoms with Gasteiger partial charge in [-0.2, -0.15) is 4.98 Å². The Morgan fingerprint density at radius 2 is 2.29 bits per heavy atom. The monoisotopic (exact) mass is 233 g/mol. The van der Waals surface area contributed by atoms with Crippen LogP contribution in [0.5, 0.6) is 0 Å². The van der Waals surface area contributed by atoms with Crippen LogP contribution in [0.1, 0.15) is 5.69 Å². The molecule has 0 aliphatic heterocycles. The molecule has 0 saturated heterocycles. The van der Waals surface area contributed by atoms with E-state index in [2.05, 4.69) is 25.7 Å². The van der Waals surface area contributed by atoms with Crippen molar-refractivity contribution in [1.29, 1.82) is 0 Å². The Morgan fingerprint density at radius 1 is 1.41 bits per heavy atom. The maximum atomic E-state index is 5.28. The van der Waals surface area contributed by atoms with Crippen LogP contribution in [0.2, 0.25) is 0 Å². The quantitative estimate of drug-likeness (QED) is 0.510. The van der Waals surface area contributed by atoms with Gasteiger partial charge in [0.05, 0.1) is 6.33 Å². The number of hydrogen-bond donors (Lipinski definition) is 3. The molecule has 0 aliphatic rings. The lowest BCUT2D eigenvalue weighted by Gasteiger charge is -2.08. The summed E-state index contributed by atoms with van der Waals surface area (Å²) in [5.41, 5.74) is 3.29. The van der Waals surface area contributed by atoms with Crippen LogP contribution in [-0.2, 0) is 6.54 Å². The lowest BCUT2D eigenvalue weighted by Crippen LogP contribution is -2.14. The smallest absolute Gasteiger partial charge is 0.239 e. The van der Waals surface area contributed by atoms with Gasteiger partial charge in [0.25, 0.3) is 0 Å². The van der Waals surface area contributed by atoms with Crippen molar-refractivity contribution >= 4 is 11.8 Å². The van der Waals surface area contributed by atoms with Crippen molar-refractivity contribution in [3.8, 4) is 0 Å². The van der Waals surface area contributed by atoms with E-state index in [1.165, 1.54) is 0 Å². The summed E-state index contributed by atoms with van der Waals surface area (Å²) in [5.74, 6) is 6.45. The highest BCUT2D eigenvalue weighted by atomic mass is 15.3. The van der Waals surface area contributed by atoms with Crippen LogP contribution in [-0.4, -0.2) is 26.1 Å². The minimum absolute atomic E-state index is 0.412. The number of nitrogens with zero attached hydrogens (tertiary/aromatic N) is 4. The number of hydrazine groups is 1. The summed E-state index contributed by atoms with van der Waals surface area (Å²) < 4.78 is 1.99. The summed E-state index contributed by atoms with van der Waals surface area (Å²) in [6.45, 7) is 3.48. The Bertz CT molecular complexity index is 466. The minimum Gasteiger partial charge on any atom is -0.368 e. The van der Waals surface area contributed by atoms with Gasteiger partial charge in [-0.15, -0.1) is 0 Å². The van der Waals surface area contributed by atoms with Crippen molar-refractivity contribution in [1.82, 2.24) is 19.5 Å². The first-order valence-corrected chi connectivity index (χ1v) is 5.30. The number of aryl methyl sites for hydroxylation is 1. The van der Waals surface area contributed by atoms with Crippen LogP contribution in [0.4, 0.5) is 11.8 Å². The van der Waals surface area contributed by atoms with Crippen molar-refractivity contribution in [3.63, 3.8) is 0 Å². The van der Waals surface area contributed by atoms with Crippen molar-refractivity contribution in [2.24, 2.45) is 5.84 Å². The molecule has 7 nitrogen and oxygen atoms in total. The molecule has 0 amide bonds. The predicted octanol–water partition coefficient (Wildman–Crippen LogP) is 0.379. The van der Waals surface area contributed by atoms with E-state index in [0.29, 0.717) is 5.95 Å². The molecule has 0 atom stereocenters. The summed E-state index contributed by atoms with van der Waals surface area (Å²) >= 11 is 0. The van der Waals surface area contributed by atoms with Gasteiger partial charge in [0, 0.05) is 37.2 Å². The third-order valence-corrected chi connectivity index (χ3v) is 2.22. The summed E-state index contributed by atoms with van der Waals surface area (Å²) in [5, 5.41) is 3.20. The molecule has 2 aromatic heterocycles. The van der Waals surface area contributed by atoms with Crippen molar-refractivity contribution in [2.45, 2.75) is 13.5 Å². The Morgan fingerprint density at radius 3 is 3.00 bits per heavy atom. The van der Waals surface area contributed by atoms with Crippen molar-refractivity contribution in [3.05, 3.63) is 30.5 Å². The van der Waals surface area contributed by atoms with E-state index < -0.39 is 0 Å². The molecule has 90 valence electrons. The summed E-state index contributed by atoms with van der Waals surface area (Å²) in [6.07, 6.45) is 5.45. The van der Waals surface area contributed by atoms with Gasteiger partial charge in [-0.05, 0) is 6.92 Å². The molecule has 0 aliphatic carbocycles. The second-order valence-corrected chi connectivity index (χ2v) is 3.59. The minimum atomic E-state index is 0.412. The topological polar surface area (TPSA) is 93.7 Å². The maximum Gasteiger partial charge on any atom is 0.239 e. The second kappa shape index (κ2) is 5.26. The molecule has 0 aromatic carbocycles. The maximum absolute atomic E-state index is 5.28. The van der Waals surface area contributed by atoms with Gasteiger partial charge in [-0.3, -0.25) is 5.43 Å². The second-order valence-electron chi connectivity index (χ2n) is 3.59. The number of nitrogen functional groups attached to an aromatic ring is 1. The molecule has 2 heterocycles. The van der Waals surface area contributed by atoms with Gasteiger partial charge in [-0.25, -0.2) is 15.8 Å². The first kappa shape index (κ1) is 11.3. The van der Waals surface area contributed by atoms with Gasteiger partial charge < -0.3 is 9.88 Å². The fourth-order valence-corrected chi connectivity index (χ4v) is 1.46. The first-order valence-electron chi connectivity index (χ1n) is 5.30. The number of anilines is 2. The van der Waals surface area contributed by atoms with Crippen LogP contribution in [0, 0.1) is 6.92 Å². The van der Waals surface area contributed by atoms with E-state index in [4.69, 9.17) is 5.84 Å². The van der Waals surface area contributed by atoms with Crippen LogP contribution < -0.4 is 16.6 Å². The van der Waals surface area contributed by atoms with Gasteiger partial charge in [0.2, 0.25) is 5.95 Å². The summed E-state index contributed by atoms with van der Waals surface area (Å²) in [6, 6.07) is 1.87. The van der Waals surface area contributed by atoms with E-state index in [-0.39, 0.29) is 0 Å². The number of hydrogen-bond acceptors (Lipinski definition) is 6. The van der Waals surface area contributed by atoms with Crippen LogP contribution >= 0.6 is 0 Å². The molecule has 0 unspecified atom stereocenters. The predicted molar refractivity (Wildman–Crippen MR) is 65.3 cm³/mol. The molecule has 4 N–H and O–H groups in total. The van der Waals surface area contributed by atoms with Crippen molar-refractivity contribution < 1.29 is 0 Å². The standard InChI is InChI=1S/C10H15N7/c1-8-6-9(15-10(14-8)16-11)13-3-5-17-4-2-12-7-17/h2,4,6-7H,3,5,11H2,1H3,(H2,13,14,15,16). The zero-order chi connectivity index (χ0) is 12.1. The van der Waals surface area contributed by atoms with Crippen LogP contribution in [0.3, 0.4) is 0 Å². The molecular formula is C10H15N7. The highest BCUT2D eigenvalue weighted by Gasteiger charge is 2.00.